The SMILES string of the molecule is COC(=O)CC(C#Cc1ccc(OC)cc1)c1ccc(OC)c(OC2CCCC2)c1. The molecule has 0 aromatic heterocycles. The first-order valence-corrected chi connectivity index (χ1v) is 10.2. The molecule has 5 heteroatoms. The van der Waals surface area contributed by atoms with Gasteiger partial charge < -0.3 is 18.9 Å². The molecular formula is C25H28O5. The third-order valence-electron chi connectivity index (χ3n) is 5.27. The second-order valence-corrected chi connectivity index (χ2v) is 7.27. The average Bonchev–Trinajstić information content (AvgIpc) is 3.29. The van der Waals surface area contributed by atoms with Gasteiger partial charge in [0.05, 0.1) is 39.8 Å². The van der Waals surface area contributed by atoms with Crippen molar-refractivity contribution in [2.45, 2.75) is 44.1 Å². The molecule has 0 aliphatic heterocycles. The standard InChI is InChI=1S/C25H28O5/c1-27-21-13-9-18(10-14-21)8-11-20(17-25(26)29-3)19-12-15-23(28-2)24(16-19)30-22-6-4-5-7-22/h9-10,12-16,20,22H,4-7,17H2,1-3H3. The summed E-state index contributed by atoms with van der Waals surface area (Å²) in [4.78, 5) is 12.0. The van der Waals surface area contributed by atoms with Crippen LogP contribution in [0.3, 0.4) is 0 Å². The van der Waals surface area contributed by atoms with Crippen molar-refractivity contribution in [2.75, 3.05) is 21.3 Å². The predicted octanol–water partition coefficient (Wildman–Crippen LogP) is 4.72. The molecule has 0 saturated heterocycles. The number of hydrogen-bond acceptors (Lipinski definition) is 5. The molecule has 0 bridgehead atoms. The normalized spacial score (nSPS) is 14.4. The summed E-state index contributed by atoms with van der Waals surface area (Å²) in [5.41, 5.74) is 1.75. The topological polar surface area (TPSA) is 54.0 Å². The van der Waals surface area contributed by atoms with Crippen molar-refractivity contribution in [3.63, 3.8) is 0 Å². The second kappa shape index (κ2) is 10.6. The van der Waals surface area contributed by atoms with Gasteiger partial charge in [0, 0.05) is 5.56 Å². The van der Waals surface area contributed by atoms with E-state index in [1.807, 2.05) is 42.5 Å². The van der Waals surface area contributed by atoms with Gasteiger partial charge in [0.25, 0.3) is 0 Å². The lowest BCUT2D eigenvalue weighted by molar-refractivity contribution is -0.140. The predicted molar refractivity (Wildman–Crippen MR) is 115 cm³/mol. The number of rotatable bonds is 7. The molecule has 0 amide bonds. The molecule has 1 unspecified atom stereocenters. The minimum Gasteiger partial charge on any atom is -0.497 e. The summed E-state index contributed by atoms with van der Waals surface area (Å²) in [6, 6.07) is 13.2. The molecule has 3 rings (SSSR count). The molecule has 0 N–H and O–H groups in total. The van der Waals surface area contributed by atoms with Crippen molar-refractivity contribution in [3.8, 4) is 29.1 Å². The van der Waals surface area contributed by atoms with Crippen LogP contribution in [0.15, 0.2) is 42.5 Å². The Balaban J connectivity index is 1.88. The van der Waals surface area contributed by atoms with Gasteiger partial charge in [-0.3, -0.25) is 4.79 Å². The number of hydrogen-bond donors (Lipinski definition) is 0. The minimum atomic E-state index is -0.323. The first kappa shape index (κ1) is 21.6. The van der Waals surface area contributed by atoms with Crippen molar-refractivity contribution in [3.05, 3.63) is 53.6 Å². The van der Waals surface area contributed by atoms with Gasteiger partial charge in [0.2, 0.25) is 0 Å². The molecule has 30 heavy (non-hydrogen) atoms. The van der Waals surface area contributed by atoms with E-state index in [0.717, 1.165) is 29.7 Å². The Morgan fingerprint density at radius 3 is 2.37 bits per heavy atom. The Kier molecular flexibility index (Phi) is 7.62. The molecule has 2 aromatic rings. The van der Waals surface area contributed by atoms with E-state index in [0.29, 0.717) is 11.5 Å². The van der Waals surface area contributed by atoms with Gasteiger partial charge in [0.1, 0.15) is 5.75 Å². The zero-order chi connectivity index (χ0) is 21.3. The van der Waals surface area contributed by atoms with Crippen LogP contribution < -0.4 is 14.2 Å². The highest BCUT2D eigenvalue weighted by Crippen LogP contribution is 2.35. The first-order chi connectivity index (χ1) is 14.6. The Bertz CT molecular complexity index is 901. The highest BCUT2D eigenvalue weighted by Gasteiger charge is 2.21. The van der Waals surface area contributed by atoms with Crippen LogP contribution in [0.1, 0.15) is 49.1 Å². The third kappa shape index (κ3) is 5.70. The lowest BCUT2D eigenvalue weighted by atomic mass is 9.95. The summed E-state index contributed by atoms with van der Waals surface area (Å²) < 4.78 is 21.8. The van der Waals surface area contributed by atoms with E-state index < -0.39 is 0 Å². The second-order valence-electron chi connectivity index (χ2n) is 7.27. The molecule has 158 valence electrons. The largest absolute Gasteiger partial charge is 0.497 e. The maximum atomic E-state index is 12.0. The Morgan fingerprint density at radius 1 is 1.00 bits per heavy atom. The maximum absolute atomic E-state index is 12.0. The quantitative estimate of drug-likeness (QED) is 0.490. The van der Waals surface area contributed by atoms with Gasteiger partial charge in [-0.05, 0) is 67.6 Å². The van der Waals surface area contributed by atoms with E-state index in [4.69, 9.17) is 18.9 Å². The fourth-order valence-electron chi connectivity index (χ4n) is 3.53. The van der Waals surface area contributed by atoms with E-state index in [1.54, 1.807) is 14.2 Å². The van der Waals surface area contributed by atoms with Gasteiger partial charge in [-0.2, -0.15) is 0 Å². The van der Waals surface area contributed by atoms with Crippen LogP contribution in [0.25, 0.3) is 0 Å². The maximum Gasteiger partial charge on any atom is 0.307 e. The molecule has 1 fully saturated rings. The molecule has 2 aromatic carbocycles. The summed E-state index contributed by atoms with van der Waals surface area (Å²) in [5, 5.41) is 0. The molecule has 0 radical (unpaired) electrons. The summed E-state index contributed by atoms with van der Waals surface area (Å²) in [6.45, 7) is 0. The molecule has 1 aliphatic carbocycles. The molecule has 1 atom stereocenters. The van der Waals surface area contributed by atoms with Crippen LogP contribution in [0.4, 0.5) is 0 Å². The van der Waals surface area contributed by atoms with Crippen molar-refractivity contribution < 1.29 is 23.7 Å². The molecule has 5 nitrogen and oxygen atoms in total. The fourth-order valence-corrected chi connectivity index (χ4v) is 3.53. The zero-order valence-electron chi connectivity index (χ0n) is 17.8. The first-order valence-electron chi connectivity index (χ1n) is 10.2. The van der Waals surface area contributed by atoms with Crippen molar-refractivity contribution in [2.24, 2.45) is 0 Å². The summed E-state index contributed by atoms with van der Waals surface area (Å²) in [6.07, 6.45) is 4.84. The highest BCUT2D eigenvalue weighted by atomic mass is 16.5. The molecule has 1 aliphatic rings. The smallest absolute Gasteiger partial charge is 0.307 e. The number of carbonyl (C=O) groups is 1. The third-order valence-corrected chi connectivity index (χ3v) is 5.27. The van der Waals surface area contributed by atoms with Gasteiger partial charge in [-0.25, -0.2) is 0 Å². The fraction of sp³-hybridized carbons (Fsp3) is 0.400. The number of carbonyl (C=O) groups excluding carboxylic acids is 1. The van der Waals surface area contributed by atoms with Crippen molar-refractivity contribution >= 4 is 5.97 Å². The molecular weight excluding hydrogens is 380 g/mol. The number of benzene rings is 2. The number of esters is 1. The average molecular weight is 408 g/mol. The summed E-state index contributed by atoms with van der Waals surface area (Å²) in [7, 11) is 4.65. The molecule has 0 heterocycles. The number of ether oxygens (including phenoxy) is 4. The zero-order valence-corrected chi connectivity index (χ0v) is 17.8. The van der Waals surface area contributed by atoms with Crippen LogP contribution in [0.5, 0.6) is 17.2 Å². The van der Waals surface area contributed by atoms with E-state index in [-0.39, 0.29) is 24.4 Å². The monoisotopic (exact) mass is 408 g/mol. The number of methoxy groups -OCH3 is 3. The Morgan fingerprint density at radius 2 is 1.73 bits per heavy atom. The lowest BCUT2D eigenvalue weighted by Gasteiger charge is -2.18. The Labute approximate surface area is 178 Å². The van der Waals surface area contributed by atoms with Crippen LogP contribution in [0.2, 0.25) is 0 Å². The minimum absolute atomic E-state index is 0.162. The van der Waals surface area contributed by atoms with Crippen molar-refractivity contribution in [1.29, 1.82) is 0 Å². The lowest BCUT2D eigenvalue weighted by Crippen LogP contribution is -2.12. The van der Waals surface area contributed by atoms with E-state index in [2.05, 4.69) is 11.8 Å². The van der Waals surface area contributed by atoms with E-state index in [1.165, 1.54) is 20.0 Å². The van der Waals surface area contributed by atoms with E-state index in [9.17, 15) is 4.79 Å². The van der Waals surface area contributed by atoms with Crippen molar-refractivity contribution in [1.82, 2.24) is 0 Å². The van der Waals surface area contributed by atoms with Gasteiger partial charge in [-0.15, -0.1) is 0 Å². The van der Waals surface area contributed by atoms with Gasteiger partial charge in [0.15, 0.2) is 11.5 Å². The van der Waals surface area contributed by atoms with Gasteiger partial charge >= 0.3 is 5.97 Å². The van der Waals surface area contributed by atoms with Crippen LogP contribution in [0, 0.1) is 11.8 Å². The Hall–Kier alpha value is -3.13. The van der Waals surface area contributed by atoms with Gasteiger partial charge in [-0.1, -0.05) is 17.9 Å². The highest BCUT2D eigenvalue weighted by molar-refractivity contribution is 5.71. The van der Waals surface area contributed by atoms with Crippen LogP contribution in [-0.4, -0.2) is 33.4 Å². The van der Waals surface area contributed by atoms with E-state index >= 15 is 0 Å². The molecule has 1 saturated carbocycles. The summed E-state index contributed by atoms with van der Waals surface area (Å²) >= 11 is 0. The van der Waals surface area contributed by atoms with Crippen LogP contribution >= 0.6 is 0 Å². The molecule has 0 spiro atoms. The summed E-state index contributed by atoms with van der Waals surface area (Å²) in [5.74, 6) is 7.91. The van der Waals surface area contributed by atoms with Crippen LogP contribution in [-0.2, 0) is 9.53 Å².